The van der Waals surface area contributed by atoms with Crippen molar-refractivity contribution in [3.8, 4) is 27.9 Å². The molecular formula is C59H49BN2OS. The van der Waals surface area contributed by atoms with Crippen LogP contribution in [0.1, 0.15) is 77.6 Å². The lowest BCUT2D eigenvalue weighted by atomic mass is 9.58. The summed E-state index contributed by atoms with van der Waals surface area (Å²) in [6.45, 7) is 18.4. The van der Waals surface area contributed by atoms with Crippen LogP contribution in [0.5, 0.6) is 0 Å². The summed E-state index contributed by atoms with van der Waals surface area (Å²) in [6, 6.07) is 53.1. The van der Waals surface area contributed by atoms with E-state index in [2.05, 4.69) is 205 Å². The second-order valence-electron chi connectivity index (χ2n) is 21.1. The lowest BCUT2D eigenvalue weighted by molar-refractivity contribution is 0.587. The van der Waals surface area contributed by atoms with Gasteiger partial charge >= 0.3 is 0 Å². The van der Waals surface area contributed by atoms with Crippen molar-refractivity contribution < 1.29 is 4.42 Å². The molecule has 8 aromatic carbocycles. The Bertz CT molecular complexity index is 3830. The van der Waals surface area contributed by atoms with Gasteiger partial charge in [-0.2, -0.15) is 0 Å². The SMILES string of the molecule is CC(C)(C)c1ccc(Nc2cc3oc4cc(C(C)(C)C)ccc4c3cc2-c2ccc3c4cc5sc6ccccc6c5cc4n4c3c2Bc2cc3c(cc2-4)-c2ccccc2C3(C)C)cc1. The summed E-state index contributed by atoms with van der Waals surface area (Å²) in [4.78, 5) is 0. The average molecular weight is 845 g/mol. The van der Waals surface area contributed by atoms with E-state index in [9.17, 15) is 0 Å². The van der Waals surface area contributed by atoms with Crippen LogP contribution < -0.4 is 16.2 Å². The number of aromatic nitrogens is 1. The highest BCUT2D eigenvalue weighted by Gasteiger charge is 2.38. The Morgan fingerprint density at radius 2 is 1.28 bits per heavy atom. The number of nitrogens with one attached hydrogen (secondary N) is 1. The molecule has 4 heterocycles. The van der Waals surface area contributed by atoms with Crippen molar-refractivity contribution in [2.24, 2.45) is 0 Å². The van der Waals surface area contributed by atoms with Gasteiger partial charge in [-0.15, -0.1) is 11.3 Å². The first-order valence-corrected chi connectivity index (χ1v) is 23.6. The van der Waals surface area contributed by atoms with Crippen LogP contribution in [0.4, 0.5) is 11.4 Å². The predicted octanol–water partition coefficient (Wildman–Crippen LogP) is 15.1. The maximum Gasteiger partial charge on any atom is 0.198 e. The van der Waals surface area contributed by atoms with Gasteiger partial charge in [0.1, 0.15) is 11.2 Å². The summed E-state index contributed by atoms with van der Waals surface area (Å²) in [5.74, 6) is 0. The number of furan rings is 1. The number of thiophene rings is 1. The largest absolute Gasteiger partial charge is 0.456 e. The highest BCUT2D eigenvalue weighted by Crippen LogP contribution is 2.50. The molecule has 0 fully saturated rings. The summed E-state index contributed by atoms with van der Waals surface area (Å²) >= 11 is 1.90. The number of fused-ring (bicyclic) bond motifs is 14. The second-order valence-corrected chi connectivity index (χ2v) is 22.2. The number of benzene rings is 8. The van der Waals surface area contributed by atoms with Crippen molar-refractivity contribution in [1.29, 1.82) is 0 Å². The minimum absolute atomic E-state index is 0.0113. The molecule has 13 rings (SSSR count). The van der Waals surface area contributed by atoms with Crippen LogP contribution in [0.15, 0.2) is 144 Å². The summed E-state index contributed by atoms with van der Waals surface area (Å²) in [5.41, 5.74) is 21.0. The Kier molecular flexibility index (Phi) is 7.59. The Morgan fingerprint density at radius 3 is 2.09 bits per heavy atom. The van der Waals surface area contributed by atoms with Crippen molar-refractivity contribution in [3.63, 3.8) is 0 Å². The zero-order valence-electron chi connectivity index (χ0n) is 37.7. The quantitative estimate of drug-likeness (QED) is 0.180. The molecule has 0 radical (unpaired) electrons. The molecule has 310 valence electrons. The van der Waals surface area contributed by atoms with Crippen LogP contribution in [0.3, 0.4) is 0 Å². The molecule has 1 N–H and O–H groups in total. The number of hydrogen-bond donors (Lipinski definition) is 1. The molecule has 0 saturated heterocycles. The van der Waals surface area contributed by atoms with Gasteiger partial charge in [-0.05, 0) is 104 Å². The molecule has 1 aliphatic carbocycles. The van der Waals surface area contributed by atoms with Gasteiger partial charge in [-0.3, -0.25) is 0 Å². The van der Waals surface area contributed by atoms with E-state index in [-0.39, 0.29) is 16.2 Å². The van der Waals surface area contributed by atoms with Crippen LogP contribution in [0.25, 0.3) is 91.9 Å². The fourth-order valence-electron chi connectivity index (χ4n) is 11.2. The van der Waals surface area contributed by atoms with E-state index in [1.54, 1.807) is 0 Å². The Labute approximate surface area is 378 Å². The van der Waals surface area contributed by atoms with E-state index < -0.39 is 0 Å². The number of rotatable bonds is 3. The van der Waals surface area contributed by atoms with Gasteiger partial charge in [-0.1, -0.05) is 146 Å². The topological polar surface area (TPSA) is 30.1 Å². The van der Waals surface area contributed by atoms with Gasteiger partial charge in [0, 0.05) is 75.7 Å². The van der Waals surface area contributed by atoms with Crippen molar-refractivity contribution in [3.05, 3.63) is 162 Å². The fourth-order valence-corrected chi connectivity index (χ4v) is 12.3. The molecule has 0 saturated carbocycles. The molecule has 64 heavy (non-hydrogen) atoms. The first kappa shape index (κ1) is 38.0. The Morgan fingerprint density at radius 1 is 0.547 bits per heavy atom. The smallest absolute Gasteiger partial charge is 0.198 e. The molecule has 2 aliphatic rings. The van der Waals surface area contributed by atoms with Crippen LogP contribution in [-0.2, 0) is 16.2 Å². The first-order valence-electron chi connectivity index (χ1n) is 22.8. The predicted molar refractivity (Wildman–Crippen MR) is 277 cm³/mol. The lowest BCUT2D eigenvalue weighted by Crippen LogP contribution is -2.38. The van der Waals surface area contributed by atoms with E-state index in [4.69, 9.17) is 4.42 Å². The third-order valence-corrected chi connectivity index (χ3v) is 15.9. The maximum atomic E-state index is 6.77. The molecule has 1 aliphatic heterocycles. The standard InChI is InChI=1S/C59H49BN2OS/c1-57(2,3)32-17-20-34(21-18-32)61-48-31-52-43(36-22-19-33(58(4,5)6)25-51(36)63-52)26-41(48)38-23-24-39-42-29-54-44(37-14-10-12-16-53(37)64-54)28-49(42)62-50-27-40-35-13-9-11-15-45(35)59(7,8)46(40)30-47(50)60-55(38)56(39)62/h9-31,60-61H,1-8H3. The summed E-state index contributed by atoms with van der Waals surface area (Å²) in [7, 11) is 0.828. The molecule has 0 bridgehead atoms. The van der Waals surface area contributed by atoms with E-state index in [0.717, 1.165) is 40.6 Å². The molecular weight excluding hydrogens is 796 g/mol. The van der Waals surface area contributed by atoms with Crippen LogP contribution in [0, 0.1) is 0 Å². The van der Waals surface area contributed by atoms with Crippen molar-refractivity contribution in [2.45, 2.75) is 71.6 Å². The maximum absolute atomic E-state index is 6.77. The number of anilines is 2. The van der Waals surface area contributed by atoms with Crippen LogP contribution in [0.2, 0.25) is 0 Å². The van der Waals surface area contributed by atoms with E-state index in [0.29, 0.717) is 0 Å². The third-order valence-electron chi connectivity index (χ3n) is 14.7. The second kappa shape index (κ2) is 12.8. The summed E-state index contributed by atoms with van der Waals surface area (Å²) in [6.07, 6.45) is 0. The van der Waals surface area contributed by atoms with Gasteiger partial charge in [-0.25, -0.2) is 0 Å². The minimum Gasteiger partial charge on any atom is -0.456 e. The van der Waals surface area contributed by atoms with Gasteiger partial charge < -0.3 is 14.3 Å². The molecule has 0 amide bonds. The first-order chi connectivity index (χ1) is 30.7. The minimum atomic E-state index is -0.101. The van der Waals surface area contributed by atoms with Crippen LogP contribution in [-0.4, -0.2) is 11.8 Å². The zero-order valence-corrected chi connectivity index (χ0v) is 38.6. The normalized spacial score (nSPS) is 14.2. The highest BCUT2D eigenvalue weighted by atomic mass is 32.1. The number of nitrogens with zero attached hydrogens (tertiary/aromatic N) is 1. The van der Waals surface area contributed by atoms with E-state index in [1.165, 1.54) is 103 Å². The van der Waals surface area contributed by atoms with Gasteiger partial charge in [0.05, 0.1) is 11.2 Å². The van der Waals surface area contributed by atoms with Crippen molar-refractivity contribution >= 4 is 105 Å². The number of hydrogen-bond acceptors (Lipinski definition) is 3. The molecule has 11 aromatic rings. The Hall–Kier alpha value is -6.56. The van der Waals surface area contributed by atoms with E-state index >= 15 is 0 Å². The van der Waals surface area contributed by atoms with Gasteiger partial charge in [0.15, 0.2) is 7.28 Å². The van der Waals surface area contributed by atoms with Gasteiger partial charge in [0.2, 0.25) is 0 Å². The molecule has 0 unspecified atom stereocenters. The molecule has 0 atom stereocenters. The lowest BCUT2D eigenvalue weighted by Gasteiger charge is -2.27. The monoisotopic (exact) mass is 844 g/mol. The molecule has 0 spiro atoms. The molecule has 3 nitrogen and oxygen atoms in total. The zero-order chi connectivity index (χ0) is 43.6. The van der Waals surface area contributed by atoms with Crippen molar-refractivity contribution in [1.82, 2.24) is 4.57 Å². The third kappa shape index (κ3) is 5.34. The Balaban J connectivity index is 1.10. The molecule has 3 aromatic heterocycles. The highest BCUT2D eigenvalue weighted by molar-refractivity contribution is 7.25. The summed E-state index contributed by atoms with van der Waals surface area (Å²) in [5, 5.41) is 11.5. The average Bonchev–Trinajstić information content (AvgIpc) is 3.98. The summed E-state index contributed by atoms with van der Waals surface area (Å²) < 4.78 is 12.1. The van der Waals surface area contributed by atoms with Crippen molar-refractivity contribution in [2.75, 3.05) is 5.32 Å². The van der Waals surface area contributed by atoms with Crippen LogP contribution >= 0.6 is 11.3 Å². The van der Waals surface area contributed by atoms with Gasteiger partial charge in [0.25, 0.3) is 0 Å². The van der Waals surface area contributed by atoms with E-state index in [1.807, 2.05) is 11.3 Å². The molecule has 5 heteroatoms. The fraction of sp³-hybridized carbons (Fsp3) is 0.186.